The van der Waals surface area contributed by atoms with Gasteiger partial charge in [-0.1, -0.05) is 17.3 Å². The SMILES string of the molecule is O=C(Cn1nnc2ccccc2c1=O)N[C@H]1CCCNC1. The fourth-order valence-electron chi connectivity index (χ4n) is 2.51. The summed E-state index contributed by atoms with van der Waals surface area (Å²) >= 11 is 0. The van der Waals surface area contributed by atoms with Crippen molar-refractivity contribution in [2.24, 2.45) is 0 Å². The summed E-state index contributed by atoms with van der Waals surface area (Å²) in [6.07, 6.45) is 2.00. The van der Waals surface area contributed by atoms with Crippen LogP contribution in [0.25, 0.3) is 10.9 Å². The Hall–Kier alpha value is -2.28. The first kappa shape index (κ1) is 13.7. The Morgan fingerprint density at radius 3 is 3.10 bits per heavy atom. The highest BCUT2D eigenvalue weighted by atomic mass is 16.2. The predicted molar refractivity (Wildman–Crippen MR) is 77.8 cm³/mol. The van der Waals surface area contributed by atoms with Gasteiger partial charge in [0.1, 0.15) is 12.1 Å². The van der Waals surface area contributed by atoms with Crippen molar-refractivity contribution in [3.8, 4) is 0 Å². The second-order valence-corrected chi connectivity index (χ2v) is 5.18. The standard InChI is InChI=1S/C14H17N5O2/c20-13(16-10-4-3-7-15-8-10)9-19-14(21)11-5-1-2-6-12(11)17-18-19/h1-2,5-6,10,15H,3-4,7-9H2,(H,16,20)/t10-/m0/s1. The molecule has 0 aliphatic carbocycles. The van der Waals surface area contributed by atoms with Crippen LogP contribution in [0.5, 0.6) is 0 Å². The molecule has 110 valence electrons. The molecule has 3 rings (SSSR count). The number of nitrogens with zero attached hydrogens (tertiary/aromatic N) is 3. The normalized spacial score (nSPS) is 18.6. The highest BCUT2D eigenvalue weighted by Crippen LogP contribution is 2.04. The third-order valence-corrected chi connectivity index (χ3v) is 3.58. The average Bonchev–Trinajstić information content (AvgIpc) is 2.51. The monoisotopic (exact) mass is 287 g/mol. The van der Waals surface area contributed by atoms with E-state index in [9.17, 15) is 9.59 Å². The van der Waals surface area contributed by atoms with Crippen molar-refractivity contribution in [2.75, 3.05) is 13.1 Å². The van der Waals surface area contributed by atoms with Gasteiger partial charge in [0.25, 0.3) is 5.56 Å². The second-order valence-electron chi connectivity index (χ2n) is 5.18. The van der Waals surface area contributed by atoms with Crippen LogP contribution in [0.15, 0.2) is 29.1 Å². The highest BCUT2D eigenvalue weighted by molar-refractivity contribution is 5.78. The number of carbonyl (C=O) groups excluding carboxylic acids is 1. The zero-order valence-electron chi connectivity index (χ0n) is 11.6. The van der Waals surface area contributed by atoms with E-state index in [0.717, 1.165) is 30.6 Å². The molecule has 0 spiro atoms. The van der Waals surface area contributed by atoms with Crippen LogP contribution >= 0.6 is 0 Å². The van der Waals surface area contributed by atoms with Crippen LogP contribution < -0.4 is 16.2 Å². The van der Waals surface area contributed by atoms with Gasteiger partial charge in [0.15, 0.2) is 0 Å². The Kier molecular flexibility index (Phi) is 3.92. The maximum atomic E-state index is 12.2. The summed E-state index contributed by atoms with van der Waals surface area (Å²) in [6.45, 7) is 1.65. The van der Waals surface area contributed by atoms with Gasteiger partial charge in [0, 0.05) is 12.6 Å². The number of hydrogen-bond acceptors (Lipinski definition) is 5. The van der Waals surface area contributed by atoms with Gasteiger partial charge in [-0.15, -0.1) is 5.10 Å². The number of piperidine rings is 1. The van der Waals surface area contributed by atoms with Gasteiger partial charge in [-0.25, -0.2) is 4.68 Å². The Bertz CT molecular complexity index is 706. The first-order valence-corrected chi connectivity index (χ1v) is 7.06. The van der Waals surface area contributed by atoms with Crippen molar-refractivity contribution in [3.63, 3.8) is 0 Å². The summed E-state index contributed by atoms with van der Waals surface area (Å²) in [5.74, 6) is -0.213. The van der Waals surface area contributed by atoms with Gasteiger partial charge in [-0.05, 0) is 31.5 Å². The average molecular weight is 287 g/mol. The van der Waals surface area contributed by atoms with Gasteiger partial charge < -0.3 is 10.6 Å². The third kappa shape index (κ3) is 3.08. The largest absolute Gasteiger partial charge is 0.350 e. The summed E-state index contributed by atoms with van der Waals surface area (Å²) in [6, 6.07) is 7.09. The fourth-order valence-corrected chi connectivity index (χ4v) is 2.51. The van der Waals surface area contributed by atoms with Gasteiger partial charge in [-0.3, -0.25) is 9.59 Å². The summed E-state index contributed by atoms with van der Waals surface area (Å²) in [5, 5.41) is 14.4. The van der Waals surface area contributed by atoms with Gasteiger partial charge in [-0.2, -0.15) is 0 Å². The molecule has 2 heterocycles. The van der Waals surface area contributed by atoms with Crippen molar-refractivity contribution in [1.29, 1.82) is 0 Å². The van der Waals surface area contributed by atoms with Crippen molar-refractivity contribution in [1.82, 2.24) is 25.6 Å². The molecule has 1 fully saturated rings. The molecular formula is C14H17N5O2. The maximum Gasteiger partial charge on any atom is 0.278 e. The van der Waals surface area contributed by atoms with E-state index >= 15 is 0 Å². The Balaban J connectivity index is 1.73. The number of carbonyl (C=O) groups is 1. The molecule has 1 amide bonds. The quantitative estimate of drug-likeness (QED) is 0.806. The number of rotatable bonds is 3. The van der Waals surface area contributed by atoms with E-state index in [1.54, 1.807) is 24.3 Å². The lowest BCUT2D eigenvalue weighted by atomic mass is 10.1. The van der Waals surface area contributed by atoms with E-state index in [2.05, 4.69) is 20.9 Å². The molecule has 1 atom stereocenters. The van der Waals surface area contributed by atoms with Crippen LogP contribution in [0.4, 0.5) is 0 Å². The molecule has 2 aromatic rings. The van der Waals surface area contributed by atoms with Crippen molar-refractivity contribution in [3.05, 3.63) is 34.6 Å². The molecule has 0 radical (unpaired) electrons. The molecule has 0 unspecified atom stereocenters. The summed E-state index contributed by atoms with van der Waals surface area (Å²) < 4.78 is 1.11. The Morgan fingerprint density at radius 2 is 2.29 bits per heavy atom. The first-order chi connectivity index (χ1) is 10.2. The van der Waals surface area contributed by atoms with Crippen LogP contribution in [0, 0.1) is 0 Å². The van der Waals surface area contributed by atoms with Crippen LogP contribution in [-0.4, -0.2) is 40.0 Å². The van der Waals surface area contributed by atoms with E-state index < -0.39 is 0 Å². The van der Waals surface area contributed by atoms with Crippen LogP contribution in [0.1, 0.15) is 12.8 Å². The first-order valence-electron chi connectivity index (χ1n) is 7.06. The van der Waals surface area contributed by atoms with Crippen molar-refractivity contribution < 1.29 is 4.79 Å². The smallest absolute Gasteiger partial charge is 0.278 e. The molecule has 1 aromatic carbocycles. The van der Waals surface area contributed by atoms with E-state index in [1.807, 2.05) is 0 Å². The lowest BCUT2D eigenvalue weighted by Crippen LogP contribution is -2.47. The summed E-state index contributed by atoms with van der Waals surface area (Å²) in [4.78, 5) is 24.2. The number of amides is 1. The zero-order valence-corrected chi connectivity index (χ0v) is 11.6. The fraction of sp³-hybridized carbons (Fsp3) is 0.429. The second kappa shape index (κ2) is 6.01. The zero-order chi connectivity index (χ0) is 14.7. The van der Waals surface area contributed by atoms with Crippen molar-refractivity contribution in [2.45, 2.75) is 25.4 Å². The molecule has 21 heavy (non-hydrogen) atoms. The molecule has 1 saturated heterocycles. The summed E-state index contributed by atoms with van der Waals surface area (Å²) in [5.41, 5.74) is 0.244. The number of hydrogen-bond donors (Lipinski definition) is 2. The number of benzene rings is 1. The highest BCUT2D eigenvalue weighted by Gasteiger charge is 2.16. The molecule has 1 aliphatic heterocycles. The van der Waals surface area contributed by atoms with Gasteiger partial charge in [0.2, 0.25) is 5.91 Å². The molecule has 1 aliphatic rings. The maximum absolute atomic E-state index is 12.2. The molecule has 0 saturated carbocycles. The molecule has 1 aromatic heterocycles. The van der Waals surface area contributed by atoms with Crippen LogP contribution in [-0.2, 0) is 11.3 Å². The van der Waals surface area contributed by atoms with Crippen LogP contribution in [0.2, 0.25) is 0 Å². The minimum Gasteiger partial charge on any atom is -0.350 e. The Labute approximate surface area is 121 Å². The molecular weight excluding hydrogens is 270 g/mol. The van der Waals surface area contributed by atoms with E-state index in [1.165, 1.54) is 0 Å². The van der Waals surface area contributed by atoms with E-state index in [4.69, 9.17) is 0 Å². The number of nitrogens with one attached hydrogen (secondary N) is 2. The molecule has 0 bridgehead atoms. The number of fused-ring (bicyclic) bond motifs is 1. The minimum absolute atomic E-state index is 0.104. The molecule has 7 nitrogen and oxygen atoms in total. The van der Waals surface area contributed by atoms with E-state index in [-0.39, 0.29) is 24.1 Å². The van der Waals surface area contributed by atoms with Gasteiger partial charge in [0.05, 0.1) is 5.39 Å². The van der Waals surface area contributed by atoms with Crippen molar-refractivity contribution >= 4 is 16.8 Å². The number of aromatic nitrogens is 3. The van der Waals surface area contributed by atoms with Crippen LogP contribution in [0.3, 0.4) is 0 Å². The third-order valence-electron chi connectivity index (χ3n) is 3.58. The summed E-state index contributed by atoms with van der Waals surface area (Å²) in [7, 11) is 0. The Morgan fingerprint density at radius 1 is 1.43 bits per heavy atom. The molecule has 2 N–H and O–H groups in total. The minimum atomic E-state index is -0.294. The topological polar surface area (TPSA) is 88.9 Å². The predicted octanol–water partition coefficient (Wildman–Crippen LogP) is -0.340. The lowest BCUT2D eigenvalue weighted by molar-refractivity contribution is -0.122. The molecule has 7 heteroatoms. The van der Waals surface area contributed by atoms with E-state index in [0.29, 0.717) is 10.9 Å². The van der Waals surface area contributed by atoms with Gasteiger partial charge >= 0.3 is 0 Å². The lowest BCUT2D eigenvalue weighted by Gasteiger charge is -2.23.